The Morgan fingerprint density at radius 1 is 0.944 bits per heavy atom. The summed E-state index contributed by atoms with van der Waals surface area (Å²) in [7, 11) is -3.68. The van der Waals surface area contributed by atoms with Gasteiger partial charge in [0.25, 0.3) is 5.91 Å². The van der Waals surface area contributed by atoms with E-state index in [4.69, 9.17) is 4.74 Å². The summed E-state index contributed by atoms with van der Waals surface area (Å²) in [5.41, 5.74) is 4.69. The zero-order valence-corrected chi connectivity index (χ0v) is 20.9. The third-order valence-corrected chi connectivity index (χ3v) is 6.88. The van der Waals surface area contributed by atoms with Gasteiger partial charge in [-0.25, -0.2) is 13.8 Å². The molecule has 0 radical (unpaired) electrons. The molecule has 8 heteroatoms. The number of anilines is 1. The third kappa shape index (κ3) is 6.09. The molecule has 0 fully saturated rings. The lowest BCUT2D eigenvalue weighted by atomic mass is 10.1. The molecule has 0 saturated heterocycles. The highest BCUT2D eigenvalue weighted by Crippen LogP contribution is 2.22. The molecule has 1 N–H and O–H groups in total. The van der Waals surface area contributed by atoms with Crippen molar-refractivity contribution in [2.45, 2.75) is 19.6 Å². The number of nitrogens with one attached hydrogen (secondary N) is 1. The number of benzene rings is 4. The van der Waals surface area contributed by atoms with Gasteiger partial charge in [-0.15, -0.1) is 0 Å². The van der Waals surface area contributed by atoms with E-state index in [1.54, 1.807) is 30.3 Å². The molecule has 4 aromatic carbocycles. The van der Waals surface area contributed by atoms with Crippen molar-refractivity contribution in [2.24, 2.45) is 5.10 Å². The maximum atomic E-state index is 12.6. The maximum absolute atomic E-state index is 12.6. The molecule has 7 nitrogen and oxygen atoms in total. The molecular formula is C28H27N3O4S. The van der Waals surface area contributed by atoms with Gasteiger partial charge in [-0.3, -0.25) is 9.10 Å². The second-order valence-corrected chi connectivity index (χ2v) is 10.2. The lowest BCUT2D eigenvalue weighted by Gasteiger charge is -2.27. The molecule has 0 spiro atoms. The molecular weight excluding hydrogens is 474 g/mol. The van der Waals surface area contributed by atoms with E-state index in [2.05, 4.69) is 34.8 Å². The lowest BCUT2D eigenvalue weighted by Crippen LogP contribution is -2.46. The number of sulfonamides is 1. The van der Waals surface area contributed by atoms with Crippen molar-refractivity contribution in [3.05, 3.63) is 108 Å². The molecule has 184 valence electrons. The monoisotopic (exact) mass is 501 g/mol. The first-order valence-electron chi connectivity index (χ1n) is 11.4. The second kappa shape index (κ2) is 11.0. The number of carbonyl (C=O) groups excluding carboxylic acids is 1. The fourth-order valence-corrected chi connectivity index (χ4v) is 5.05. The van der Waals surface area contributed by atoms with E-state index in [9.17, 15) is 13.2 Å². The van der Waals surface area contributed by atoms with E-state index in [-0.39, 0.29) is 0 Å². The van der Waals surface area contributed by atoms with Crippen molar-refractivity contribution in [1.82, 2.24) is 5.43 Å². The summed E-state index contributed by atoms with van der Waals surface area (Å²) in [5.74, 6) is 0.167. The fraction of sp³-hybridized carbons (Fsp3) is 0.143. The van der Waals surface area contributed by atoms with E-state index in [1.807, 2.05) is 42.5 Å². The molecule has 0 saturated carbocycles. The van der Waals surface area contributed by atoms with Crippen LogP contribution in [0.1, 0.15) is 18.1 Å². The summed E-state index contributed by atoms with van der Waals surface area (Å²) in [4.78, 5) is 12.6. The summed E-state index contributed by atoms with van der Waals surface area (Å²) in [5, 5.41) is 6.32. The molecule has 0 aliphatic carbocycles. The van der Waals surface area contributed by atoms with Crippen LogP contribution in [0.15, 0.2) is 102 Å². The Morgan fingerprint density at radius 3 is 2.33 bits per heavy atom. The highest BCUT2D eigenvalue weighted by molar-refractivity contribution is 7.92. The molecule has 0 bridgehead atoms. The SMILES string of the molecule is C[C@H](C(=O)N/N=C\c1ccc(OCc2cccc3ccccc23)cc1)N(c1ccccc1)S(C)(=O)=O. The Hall–Kier alpha value is -4.17. The number of hydrogen-bond acceptors (Lipinski definition) is 5. The zero-order chi connectivity index (χ0) is 25.5. The third-order valence-electron chi connectivity index (χ3n) is 5.64. The van der Waals surface area contributed by atoms with E-state index in [1.165, 1.54) is 18.5 Å². The van der Waals surface area contributed by atoms with Gasteiger partial charge in [-0.2, -0.15) is 5.10 Å². The van der Waals surface area contributed by atoms with Crippen LogP contribution in [0, 0.1) is 0 Å². The Morgan fingerprint density at radius 2 is 1.61 bits per heavy atom. The van der Waals surface area contributed by atoms with Crippen LogP contribution in [0.3, 0.4) is 0 Å². The quantitative estimate of drug-likeness (QED) is 0.265. The van der Waals surface area contributed by atoms with Gasteiger partial charge in [0.2, 0.25) is 10.0 Å². The average Bonchev–Trinajstić information content (AvgIpc) is 2.88. The van der Waals surface area contributed by atoms with E-state index < -0.39 is 22.0 Å². The molecule has 4 rings (SSSR count). The smallest absolute Gasteiger partial charge is 0.263 e. The number of ether oxygens (including phenoxy) is 1. The first kappa shape index (κ1) is 24.9. The van der Waals surface area contributed by atoms with Crippen LogP contribution in [0.5, 0.6) is 5.75 Å². The van der Waals surface area contributed by atoms with Crippen LogP contribution >= 0.6 is 0 Å². The number of fused-ring (bicyclic) bond motifs is 1. The summed E-state index contributed by atoms with van der Waals surface area (Å²) in [6.45, 7) is 1.96. The normalized spacial score (nSPS) is 12.4. The molecule has 1 amide bonds. The first-order chi connectivity index (χ1) is 17.3. The molecule has 0 aliphatic heterocycles. The van der Waals surface area contributed by atoms with Gasteiger partial charge in [0.1, 0.15) is 18.4 Å². The van der Waals surface area contributed by atoms with Gasteiger partial charge in [-0.1, -0.05) is 60.7 Å². The van der Waals surface area contributed by atoms with Crippen molar-refractivity contribution in [1.29, 1.82) is 0 Å². The number of para-hydroxylation sites is 1. The number of nitrogens with zero attached hydrogens (tertiary/aromatic N) is 2. The lowest BCUT2D eigenvalue weighted by molar-refractivity contribution is -0.121. The molecule has 1 atom stereocenters. The summed E-state index contributed by atoms with van der Waals surface area (Å²) >= 11 is 0. The number of amides is 1. The van der Waals surface area contributed by atoms with Crippen LogP contribution < -0.4 is 14.5 Å². The van der Waals surface area contributed by atoms with Crippen LogP contribution in [0.2, 0.25) is 0 Å². The summed E-state index contributed by atoms with van der Waals surface area (Å²) < 4.78 is 31.6. The maximum Gasteiger partial charge on any atom is 0.263 e. The second-order valence-electron chi connectivity index (χ2n) is 8.30. The Balaban J connectivity index is 1.35. The van der Waals surface area contributed by atoms with Crippen LogP contribution in [-0.4, -0.2) is 32.8 Å². The molecule has 0 heterocycles. The zero-order valence-electron chi connectivity index (χ0n) is 20.0. The fourth-order valence-electron chi connectivity index (χ4n) is 3.88. The average molecular weight is 502 g/mol. The molecule has 4 aromatic rings. The predicted molar refractivity (Wildman–Crippen MR) is 144 cm³/mol. The Kier molecular flexibility index (Phi) is 7.65. The highest BCUT2D eigenvalue weighted by Gasteiger charge is 2.28. The highest BCUT2D eigenvalue weighted by atomic mass is 32.2. The minimum atomic E-state index is -3.68. The minimum absolute atomic E-state index is 0.408. The number of carbonyl (C=O) groups is 1. The standard InChI is InChI=1S/C28H27N3O4S/c1-21(31(36(2,33)34)25-12-4-3-5-13-25)28(32)30-29-19-22-15-17-26(18-16-22)35-20-24-11-8-10-23-9-6-7-14-27(23)24/h3-19,21H,20H2,1-2H3,(H,30,32)/b29-19-/t21-/m1/s1. The van der Waals surface area contributed by atoms with Crippen LogP contribution in [0.4, 0.5) is 5.69 Å². The first-order valence-corrected chi connectivity index (χ1v) is 13.2. The van der Waals surface area contributed by atoms with E-state index in [0.29, 0.717) is 18.0 Å². The van der Waals surface area contributed by atoms with Gasteiger partial charge in [0.15, 0.2) is 0 Å². The van der Waals surface area contributed by atoms with Crippen molar-refractivity contribution in [3.8, 4) is 5.75 Å². The Labute approximate surface area is 211 Å². The molecule has 36 heavy (non-hydrogen) atoms. The van der Waals surface area contributed by atoms with Gasteiger partial charge in [0, 0.05) is 0 Å². The van der Waals surface area contributed by atoms with Crippen molar-refractivity contribution < 1.29 is 17.9 Å². The number of hydrazone groups is 1. The van der Waals surface area contributed by atoms with Crippen molar-refractivity contribution in [3.63, 3.8) is 0 Å². The van der Waals surface area contributed by atoms with Gasteiger partial charge < -0.3 is 4.74 Å². The van der Waals surface area contributed by atoms with E-state index in [0.717, 1.165) is 27.1 Å². The molecule has 0 aliphatic rings. The summed E-state index contributed by atoms with van der Waals surface area (Å²) in [6.07, 6.45) is 2.56. The predicted octanol–water partition coefficient (Wildman–Crippen LogP) is 4.72. The number of hydrogen-bond donors (Lipinski definition) is 1. The van der Waals surface area contributed by atoms with Crippen molar-refractivity contribution in [2.75, 3.05) is 10.6 Å². The molecule has 0 unspecified atom stereocenters. The minimum Gasteiger partial charge on any atom is -0.489 e. The summed E-state index contributed by atoms with van der Waals surface area (Å²) in [6, 6.07) is 29.1. The topological polar surface area (TPSA) is 88.1 Å². The van der Waals surface area contributed by atoms with Crippen LogP contribution in [0.25, 0.3) is 10.8 Å². The Bertz CT molecular complexity index is 1460. The van der Waals surface area contributed by atoms with Gasteiger partial charge in [-0.05, 0) is 65.2 Å². The largest absolute Gasteiger partial charge is 0.489 e. The number of rotatable bonds is 9. The van der Waals surface area contributed by atoms with Gasteiger partial charge >= 0.3 is 0 Å². The van der Waals surface area contributed by atoms with Crippen molar-refractivity contribution >= 4 is 38.6 Å². The van der Waals surface area contributed by atoms with E-state index >= 15 is 0 Å². The van der Waals surface area contributed by atoms with Crippen LogP contribution in [-0.2, 0) is 21.4 Å². The van der Waals surface area contributed by atoms with Gasteiger partial charge in [0.05, 0.1) is 18.2 Å². The molecule has 0 aromatic heterocycles.